The van der Waals surface area contributed by atoms with E-state index in [-0.39, 0.29) is 17.7 Å². The first-order valence-corrected chi connectivity index (χ1v) is 13.4. The first kappa shape index (κ1) is 26.0. The highest BCUT2D eigenvalue weighted by molar-refractivity contribution is 7.07. The molecule has 1 aliphatic rings. The van der Waals surface area contributed by atoms with E-state index in [1.54, 1.807) is 38.3 Å². The summed E-state index contributed by atoms with van der Waals surface area (Å²) in [6.45, 7) is 1.92. The summed E-state index contributed by atoms with van der Waals surface area (Å²) in [4.78, 5) is 32.7. The zero-order valence-corrected chi connectivity index (χ0v) is 22.8. The summed E-state index contributed by atoms with van der Waals surface area (Å²) in [5.41, 5.74) is 2.49. The molecule has 6 nitrogen and oxygen atoms in total. The zero-order valence-electron chi connectivity index (χ0n) is 20.5. The number of halogens is 2. The number of thiazole rings is 1. The summed E-state index contributed by atoms with van der Waals surface area (Å²) >= 11 is 13.7. The minimum Gasteiger partial charge on any atom is -0.497 e. The molecular weight excluding hydrogens is 543 g/mol. The van der Waals surface area contributed by atoms with E-state index < -0.39 is 12.0 Å². The first-order chi connectivity index (χ1) is 18.4. The largest absolute Gasteiger partial charge is 0.497 e. The van der Waals surface area contributed by atoms with Gasteiger partial charge in [-0.3, -0.25) is 9.36 Å². The molecule has 0 amide bonds. The van der Waals surface area contributed by atoms with Crippen LogP contribution in [0, 0.1) is 0 Å². The van der Waals surface area contributed by atoms with Gasteiger partial charge < -0.3 is 9.47 Å². The van der Waals surface area contributed by atoms with Crippen molar-refractivity contribution in [1.29, 1.82) is 0 Å². The fourth-order valence-corrected chi connectivity index (χ4v) is 5.78. The molecule has 0 fully saturated rings. The van der Waals surface area contributed by atoms with Gasteiger partial charge in [0.05, 0.1) is 35.6 Å². The molecule has 1 aliphatic heterocycles. The highest BCUT2D eigenvalue weighted by Crippen LogP contribution is 2.36. The molecular formula is C29H22Cl2N2O4S. The van der Waals surface area contributed by atoms with Crippen LogP contribution < -0.4 is 19.6 Å². The summed E-state index contributed by atoms with van der Waals surface area (Å²) in [5, 5.41) is 0.920. The molecule has 0 unspecified atom stereocenters. The third-order valence-electron chi connectivity index (χ3n) is 6.03. The van der Waals surface area contributed by atoms with E-state index in [0.29, 0.717) is 42.0 Å². The second-order valence-corrected chi connectivity index (χ2v) is 10.2. The SMILES string of the molecule is CCOC(=O)C1=C(c2ccccc2)N=c2s/c(=C\c3ccc(Cl)cc3Cl)c(=O)n2[C@H]1c1cccc(OC)c1. The average molecular weight is 565 g/mol. The van der Waals surface area contributed by atoms with E-state index >= 15 is 0 Å². The molecule has 192 valence electrons. The number of methoxy groups -OCH3 is 1. The predicted octanol–water partition coefficient (Wildman–Crippen LogP) is 5.25. The van der Waals surface area contributed by atoms with E-state index in [9.17, 15) is 9.59 Å². The number of hydrogen-bond acceptors (Lipinski definition) is 6. The van der Waals surface area contributed by atoms with Crippen LogP contribution in [0.5, 0.6) is 5.75 Å². The van der Waals surface area contributed by atoms with Crippen molar-refractivity contribution in [2.24, 2.45) is 4.99 Å². The Kier molecular flexibility index (Phi) is 7.51. The molecule has 9 heteroatoms. The Balaban J connectivity index is 1.84. The number of ether oxygens (including phenoxy) is 2. The van der Waals surface area contributed by atoms with Crippen molar-refractivity contribution in [2.45, 2.75) is 13.0 Å². The minimum atomic E-state index is -0.793. The Morgan fingerprint density at radius 3 is 2.58 bits per heavy atom. The van der Waals surface area contributed by atoms with Crippen molar-refractivity contribution in [3.05, 3.63) is 125 Å². The standard InChI is InChI=1S/C29H22Cl2N2O4S/c1-3-37-28(35)24-25(17-8-5-4-6-9-17)32-29-33(26(24)19-10-7-11-21(14-19)36-2)27(34)23(38-29)15-18-12-13-20(30)16-22(18)31/h4-16,26H,3H2,1-2H3/b23-15-/t26-/m0/s1. The van der Waals surface area contributed by atoms with Gasteiger partial charge in [0.15, 0.2) is 4.80 Å². The summed E-state index contributed by atoms with van der Waals surface area (Å²) in [7, 11) is 1.57. The van der Waals surface area contributed by atoms with Crippen LogP contribution in [0.3, 0.4) is 0 Å². The summed E-state index contributed by atoms with van der Waals surface area (Å²) in [6.07, 6.45) is 1.71. The highest BCUT2D eigenvalue weighted by atomic mass is 35.5. The number of carbonyl (C=O) groups excluding carboxylic acids is 1. The molecule has 0 N–H and O–H groups in total. The van der Waals surface area contributed by atoms with E-state index in [1.807, 2.05) is 54.6 Å². The van der Waals surface area contributed by atoms with Gasteiger partial charge in [-0.2, -0.15) is 0 Å². The molecule has 4 aromatic rings. The molecule has 5 rings (SSSR count). The van der Waals surface area contributed by atoms with Crippen LogP contribution in [-0.2, 0) is 9.53 Å². The molecule has 3 aromatic carbocycles. The molecule has 0 radical (unpaired) electrons. The normalized spacial score (nSPS) is 15.2. The maximum absolute atomic E-state index is 13.9. The van der Waals surface area contributed by atoms with Crippen LogP contribution >= 0.6 is 34.5 Å². The Labute approximate surface area is 232 Å². The van der Waals surface area contributed by atoms with Crippen LogP contribution in [0.25, 0.3) is 11.8 Å². The number of hydrogen-bond donors (Lipinski definition) is 0. The quantitative estimate of drug-likeness (QED) is 0.300. The van der Waals surface area contributed by atoms with Crippen molar-refractivity contribution in [3.8, 4) is 5.75 Å². The molecule has 38 heavy (non-hydrogen) atoms. The molecule has 0 saturated carbocycles. The lowest BCUT2D eigenvalue weighted by Crippen LogP contribution is -2.40. The van der Waals surface area contributed by atoms with E-state index in [2.05, 4.69) is 0 Å². The van der Waals surface area contributed by atoms with Gasteiger partial charge in [-0.1, -0.05) is 83.1 Å². The number of benzene rings is 3. The Morgan fingerprint density at radius 2 is 1.87 bits per heavy atom. The van der Waals surface area contributed by atoms with Crippen LogP contribution in [0.4, 0.5) is 0 Å². The maximum atomic E-state index is 13.9. The lowest BCUT2D eigenvalue weighted by atomic mass is 9.93. The second kappa shape index (κ2) is 11.0. The number of rotatable bonds is 6. The number of esters is 1. The van der Waals surface area contributed by atoms with E-state index in [1.165, 1.54) is 15.9 Å². The topological polar surface area (TPSA) is 69.9 Å². The van der Waals surface area contributed by atoms with Crippen LogP contribution in [0.2, 0.25) is 10.0 Å². The van der Waals surface area contributed by atoms with Gasteiger partial charge in [0.1, 0.15) is 5.75 Å². The van der Waals surface area contributed by atoms with Gasteiger partial charge in [0.2, 0.25) is 0 Å². The highest BCUT2D eigenvalue weighted by Gasteiger charge is 2.35. The smallest absolute Gasteiger partial charge is 0.338 e. The molecule has 0 saturated heterocycles. The van der Waals surface area contributed by atoms with Gasteiger partial charge in [-0.15, -0.1) is 0 Å². The summed E-state index contributed by atoms with van der Waals surface area (Å²) in [6, 6.07) is 21.0. The molecule has 1 aromatic heterocycles. The van der Waals surface area contributed by atoms with Crippen molar-refractivity contribution in [1.82, 2.24) is 4.57 Å². The van der Waals surface area contributed by atoms with Gasteiger partial charge >= 0.3 is 5.97 Å². The number of carbonyl (C=O) groups is 1. The van der Waals surface area contributed by atoms with Gasteiger partial charge in [-0.25, -0.2) is 9.79 Å². The fraction of sp³-hybridized carbons (Fsp3) is 0.138. The summed E-state index contributed by atoms with van der Waals surface area (Å²) in [5.74, 6) is 0.0528. The second-order valence-electron chi connectivity index (χ2n) is 8.37. The zero-order chi connectivity index (χ0) is 26.8. The Morgan fingerprint density at radius 1 is 1.08 bits per heavy atom. The summed E-state index contributed by atoms with van der Waals surface area (Å²) < 4.78 is 12.9. The molecule has 0 aliphatic carbocycles. The molecule has 2 heterocycles. The van der Waals surface area contributed by atoms with Crippen LogP contribution in [0.15, 0.2) is 88.2 Å². The fourth-order valence-electron chi connectivity index (χ4n) is 4.33. The van der Waals surface area contributed by atoms with E-state index in [0.717, 1.165) is 5.56 Å². The molecule has 0 spiro atoms. The van der Waals surface area contributed by atoms with Crippen LogP contribution in [-0.4, -0.2) is 24.3 Å². The van der Waals surface area contributed by atoms with Gasteiger partial charge in [0, 0.05) is 15.6 Å². The average Bonchev–Trinajstić information content (AvgIpc) is 3.24. The Hall–Kier alpha value is -3.65. The first-order valence-electron chi connectivity index (χ1n) is 11.8. The van der Waals surface area contributed by atoms with E-state index in [4.69, 9.17) is 37.7 Å². The lowest BCUT2D eigenvalue weighted by Gasteiger charge is -2.26. The minimum absolute atomic E-state index is 0.175. The predicted molar refractivity (Wildman–Crippen MR) is 151 cm³/mol. The van der Waals surface area contributed by atoms with Gasteiger partial charge in [-0.05, 0) is 48.4 Å². The van der Waals surface area contributed by atoms with Crippen molar-refractivity contribution >= 4 is 52.3 Å². The number of nitrogens with zero attached hydrogens (tertiary/aromatic N) is 2. The van der Waals surface area contributed by atoms with Crippen molar-refractivity contribution < 1.29 is 14.3 Å². The molecule has 1 atom stereocenters. The number of aromatic nitrogens is 1. The molecule has 0 bridgehead atoms. The maximum Gasteiger partial charge on any atom is 0.338 e. The third-order valence-corrected chi connectivity index (χ3v) is 7.58. The van der Waals surface area contributed by atoms with Crippen molar-refractivity contribution in [3.63, 3.8) is 0 Å². The van der Waals surface area contributed by atoms with Crippen molar-refractivity contribution in [2.75, 3.05) is 13.7 Å². The van der Waals surface area contributed by atoms with Crippen LogP contribution in [0.1, 0.15) is 29.7 Å². The Bertz CT molecular complexity index is 1740. The van der Waals surface area contributed by atoms with Gasteiger partial charge in [0.25, 0.3) is 5.56 Å². The third kappa shape index (κ3) is 4.92. The monoisotopic (exact) mass is 564 g/mol. The number of fused-ring (bicyclic) bond motifs is 1. The lowest BCUT2D eigenvalue weighted by molar-refractivity contribution is -0.138.